The predicted octanol–water partition coefficient (Wildman–Crippen LogP) is 2.71. The number of hydrogen-bond donors (Lipinski definition) is 0. The Kier molecular flexibility index (Phi) is 2.86. The summed E-state index contributed by atoms with van der Waals surface area (Å²) in [6, 6.07) is 0. The van der Waals surface area contributed by atoms with Crippen LogP contribution in [0, 0.1) is 5.92 Å². The number of ketones is 1. The van der Waals surface area contributed by atoms with Gasteiger partial charge in [0.2, 0.25) is 0 Å². The van der Waals surface area contributed by atoms with E-state index in [9.17, 15) is 4.79 Å². The molecule has 1 unspecified atom stereocenters. The maximum atomic E-state index is 11.2. The maximum Gasteiger partial charge on any atom is 0.159 e. The highest BCUT2D eigenvalue weighted by atomic mass is 16.1. The van der Waals surface area contributed by atoms with E-state index in [0.717, 1.165) is 24.8 Å². The average Bonchev–Trinajstić information content (AvgIpc) is 2.36. The van der Waals surface area contributed by atoms with Gasteiger partial charge in [-0.05, 0) is 24.3 Å². The second-order valence-electron chi connectivity index (χ2n) is 3.31. The van der Waals surface area contributed by atoms with Gasteiger partial charge >= 0.3 is 0 Å². The number of carbonyl (C=O) groups excluding carboxylic acids is 1. The minimum atomic E-state index is 0.381. The summed E-state index contributed by atoms with van der Waals surface area (Å²) in [4.78, 5) is 11.2. The van der Waals surface area contributed by atoms with Crippen molar-refractivity contribution >= 4 is 5.78 Å². The Balaban J connectivity index is 2.52. The highest BCUT2D eigenvalue weighted by Crippen LogP contribution is 2.24. The SMILES string of the molecule is CCCC(C)C1=CCCC1=O. The van der Waals surface area contributed by atoms with Gasteiger partial charge in [0.15, 0.2) is 5.78 Å². The summed E-state index contributed by atoms with van der Waals surface area (Å²) >= 11 is 0. The second-order valence-corrected chi connectivity index (χ2v) is 3.31. The van der Waals surface area contributed by atoms with E-state index in [1.807, 2.05) is 0 Å². The summed E-state index contributed by atoms with van der Waals surface area (Å²) in [6.07, 6.45) is 6.16. The standard InChI is InChI=1S/C10H16O/c1-3-5-8(2)9-6-4-7-10(9)11/h6,8H,3-5,7H2,1-2H3. The van der Waals surface area contributed by atoms with Crippen LogP contribution in [0.3, 0.4) is 0 Å². The minimum absolute atomic E-state index is 0.381. The summed E-state index contributed by atoms with van der Waals surface area (Å²) < 4.78 is 0. The van der Waals surface area contributed by atoms with Crippen LogP contribution in [0.1, 0.15) is 39.5 Å². The molecule has 0 heterocycles. The first-order chi connectivity index (χ1) is 5.25. The Morgan fingerprint density at radius 2 is 2.36 bits per heavy atom. The van der Waals surface area contributed by atoms with Crippen LogP contribution >= 0.6 is 0 Å². The van der Waals surface area contributed by atoms with E-state index < -0.39 is 0 Å². The zero-order valence-electron chi connectivity index (χ0n) is 7.39. The topological polar surface area (TPSA) is 17.1 Å². The molecule has 0 spiro atoms. The molecular formula is C10H16O. The Labute approximate surface area is 68.5 Å². The zero-order chi connectivity index (χ0) is 8.27. The van der Waals surface area contributed by atoms with Crippen molar-refractivity contribution in [3.63, 3.8) is 0 Å². The van der Waals surface area contributed by atoms with E-state index in [4.69, 9.17) is 0 Å². The molecule has 1 atom stereocenters. The Morgan fingerprint density at radius 3 is 2.82 bits per heavy atom. The highest BCUT2D eigenvalue weighted by molar-refractivity contribution is 5.97. The molecule has 1 heteroatoms. The molecule has 0 aliphatic heterocycles. The molecule has 11 heavy (non-hydrogen) atoms. The lowest BCUT2D eigenvalue weighted by Crippen LogP contribution is -2.05. The van der Waals surface area contributed by atoms with E-state index >= 15 is 0 Å². The van der Waals surface area contributed by atoms with Gasteiger partial charge < -0.3 is 0 Å². The molecule has 0 fully saturated rings. The van der Waals surface area contributed by atoms with E-state index in [0.29, 0.717) is 11.7 Å². The van der Waals surface area contributed by atoms with Gasteiger partial charge in [-0.1, -0.05) is 26.3 Å². The molecule has 1 nitrogen and oxygen atoms in total. The van der Waals surface area contributed by atoms with Gasteiger partial charge in [-0.2, -0.15) is 0 Å². The number of Topliss-reactive ketones (excluding diaryl/α,β-unsaturated/α-hetero) is 1. The number of hydrogen-bond acceptors (Lipinski definition) is 1. The second kappa shape index (κ2) is 3.70. The summed E-state index contributed by atoms with van der Waals surface area (Å²) in [5.41, 5.74) is 1.09. The minimum Gasteiger partial charge on any atom is -0.295 e. The van der Waals surface area contributed by atoms with Crippen molar-refractivity contribution < 1.29 is 4.79 Å². The lowest BCUT2D eigenvalue weighted by atomic mass is 9.95. The molecule has 0 radical (unpaired) electrons. The van der Waals surface area contributed by atoms with E-state index in [1.54, 1.807) is 0 Å². The van der Waals surface area contributed by atoms with Crippen LogP contribution in [-0.2, 0) is 4.79 Å². The molecule has 0 amide bonds. The first-order valence-corrected chi connectivity index (χ1v) is 4.49. The van der Waals surface area contributed by atoms with Crippen molar-refractivity contribution in [2.75, 3.05) is 0 Å². The summed E-state index contributed by atoms with van der Waals surface area (Å²) in [5.74, 6) is 0.876. The lowest BCUT2D eigenvalue weighted by Gasteiger charge is -2.09. The number of carbonyl (C=O) groups is 1. The molecular weight excluding hydrogens is 136 g/mol. The molecule has 0 aromatic carbocycles. The third kappa shape index (κ3) is 1.92. The van der Waals surface area contributed by atoms with Crippen molar-refractivity contribution in [1.82, 2.24) is 0 Å². The third-order valence-electron chi connectivity index (χ3n) is 2.31. The first kappa shape index (κ1) is 8.51. The number of allylic oxidation sites excluding steroid dienone is 2. The zero-order valence-corrected chi connectivity index (χ0v) is 7.39. The summed E-state index contributed by atoms with van der Waals surface area (Å²) in [6.45, 7) is 4.31. The van der Waals surface area contributed by atoms with Crippen molar-refractivity contribution in [3.8, 4) is 0 Å². The van der Waals surface area contributed by atoms with Gasteiger partial charge in [0.1, 0.15) is 0 Å². The summed E-state index contributed by atoms with van der Waals surface area (Å²) in [5, 5.41) is 0. The van der Waals surface area contributed by atoms with Gasteiger partial charge in [-0.25, -0.2) is 0 Å². The quantitative estimate of drug-likeness (QED) is 0.607. The van der Waals surface area contributed by atoms with Gasteiger partial charge in [0.25, 0.3) is 0 Å². The fourth-order valence-electron chi connectivity index (χ4n) is 1.68. The normalized spacial score (nSPS) is 20.2. The van der Waals surface area contributed by atoms with E-state index in [2.05, 4.69) is 19.9 Å². The van der Waals surface area contributed by atoms with Gasteiger partial charge in [0, 0.05) is 6.42 Å². The molecule has 0 N–H and O–H groups in total. The van der Waals surface area contributed by atoms with Crippen LogP contribution in [0.25, 0.3) is 0 Å². The maximum absolute atomic E-state index is 11.2. The smallest absolute Gasteiger partial charge is 0.159 e. The molecule has 1 aliphatic carbocycles. The van der Waals surface area contributed by atoms with Crippen molar-refractivity contribution in [3.05, 3.63) is 11.6 Å². The van der Waals surface area contributed by atoms with Gasteiger partial charge in [-0.15, -0.1) is 0 Å². The van der Waals surface area contributed by atoms with Crippen molar-refractivity contribution in [1.29, 1.82) is 0 Å². The number of rotatable bonds is 3. The molecule has 1 aliphatic rings. The molecule has 0 aromatic rings. The van der Waals surface area contributed by atoms with E-state index in [-0.39, 0.29) is 0 Å². The van der Waals surface area contributed by atoms with Crippen LogP contribution in [-0.4, -0.2) is 5.78 Å². The average molecular weight is 152 g/mol. The predicted molar refractivity (Wildman–Crippen MR) is 46.4 cm³/mol. The molecule has 0 bridgehead atoms. The fourth-order valence-corrected chi connectivity index (χ4v) is 1.68. The van der Waals surface area contributed by atoms with Crippen LogP contribution in [0.4, 0.5) is 0 Å². The fraction of sp³-hybridized carbons (Fsp3) is 0.700. The highest BCUT2D eigenvalue weighted by Gasteiger charge is 2.19. The summed E-state index contributed by atoms with van der Waals surface area (Å²) in [7, 11) is 0. The van der Waals surface area contributed by atoms with Crippen LogP contribution in [0.2, 0.25) is 0 Å². The molecule has 0 aromatic heterocycles. The van der Waals surface area contributed by atoms with Crippen molar-refractivity contribution in [2.45, 2.75) is 39.5 Å². The van der Waals surface area contributed by atoms with Gasteiger partial charge in [0.05, 0.1) is 0 Å². The third-order valence-corrected chi connectivity index (χ3v) is 2.31. The molecule has 0 saturated heterocycles. The molecule has 0 saturated carbocycles. The Morgan fingerprint density at radius 1 is 1.64 bits per heavy atom. The Bertz CT molecular complexity index is 179. The Hall–Kier alpha value is -0.590. The van der Waals surface area contributed by atoms with Crippen LogP contribution < -0.4 is 0 Å². The van der Waals surface area contributed by atoms with Gasteiger partial charge in [-0.3, -0.25) is 4.79 Å². The monoisotopic (exact) mass is 152 g/mol. The largest absolute Gasteiger partial charge is 0.295 e. The first-order valence-electron chi connectivity index (χ1n) is 4.49. The van der Waals surface area contributed by atoms with Crippen LogP contribution in [0.5, 0.6) is 0 Å². The molecule has 1 rings (SSSR count). The van der Waals surface area contributed by atoms with Crippen molar-refractivity contribution in [2.24, 2.45) is 5.92 Å². The lowest BCUT2D eigenvalue weighted by molar-refractivity contribution is -0.115. The van der Waals surface area contributed by atoms with Crippen LogP contribution in [0.15, 0.2) is 11.6 Å². The van der Waals surface area contributed by atoms with E-state index in [1.165, 1.54) is 6.42 Å². The molecule has 62 valence electrons.